The SMILES string of the molecule is OC(Cc1ccncc1)Cc1ccc(Cl)cc1F. The third-order valence-corrected chi connectivity index (χ3v) is 2.93. The van der Waals surface area contributed by atoms with Crippen LogP contribution in [0.15, 0.2) is 42.7 Å². The number of hydrogen-bond donors (Lipinski definition) is 1. The van der Waals surface area contributed by atoms with Crippen LogP contribution in [0.25, 0.3) is 0 Å². The van der Waals surface area contributed by atoms with Gasteiger partial charge in [0, 0.05) is 23.8 Å². The molecule has 0 aliphatic heterocycles. The summed E-state index contributed by atoms with van der Waals surface area (Å²) in [5.74, 6) is -0.378. The van der Waals surface area contributed by atoms with Crippen LogP contribution in [-0.2, 0) is 12.8 Å². The van der Waals surface area contributed by atoms with Crippen molar-refractivity contribution in [3.05, 3.63) is 64.7 Å². The lowest BCUT2D eigenvalue weighted by molar-refractivity contribution is 0.174. The molecule has 0 fully saturated rings. The maximum Gasteiger partial charge on any atom is 0.127 e. The second-order valence-corrected chi connectivity index (χ2v) is 4.59. The highest BCUT2D eigenvalue weighted by Crippen LogP contribution is 2.17. The first-order chi connectivity index (χ1) is 8.65. The molecule has 18 heavy (non-hydrogen) atoms. The van der Waals surface area contributed by atoms with Crippen LogP contribution in [-0.4, -0.2) is 16.2 Å². The van der Waals surface area contributed by atoms with E-state index in [2.05, 4.69) is 4.98 Å². The Labute approximate surface area is 110 Å². The molecule has 1 aromatic heterocycles. The van der Waals surface area contributed by atoms with E-state index in [9.17, 15) is 9.50 Å². The fraction of sp³-hybridized carbons (Fsp3) is 0.214. The molecule has 0 saturated heterocycles. The summed E-state index contributed by atoms with van der Waals surface area (Å²) < 4.78 is 13.5. The Morgan fingerprint density at radius 2 is 1.89 bits per heavy atom. The van der Waals surface area contributed by atoms with E-state index in [1.807, 2.05) is 12.1 Å². The second kappa shape index (κ2) is 5.94. The molecule has 0 radical (unpaired) electrons. The number of nitrogens with zero attached hydrogens (tertiary/aromatic N) is 1. The summed E-state index contributed by atoms with van der Waals surface area (Å²) >= 11 is 5.67. The van der Waals surface area contributed by atoms with Gasteiger partial charge in [-0.3, -0.25) is 4.98 Å². The first kappa shape index (κ1) is 13.0. The molecule has 2 rings (SSSR count). The first-order valence-electron chi connectivity index (χ1n) is 5.66. The highest BCUT2D eigenvalue weighted by Gasteiger charge is 2.10. The molecule has 1 unspecified atom stereocenters. The molecule has 4 heteroatoms. The van der Waals surface area contributed by atoms with E-state index in [-0.39, 0.29) is 12.2 Å². The topological polar surface area (TPSA) is 33.1 Å². The molecular formula is C14H13ClFNO. The fourth-order valence-electron chi connectivity index (χ4n) is 1.80. The molecule has 94 valence electrons. The molecule has 0 amide bonds. The van der Waals surface area contributed by atoms with Crippen LogP contribution in [0.5, 0.6) is 0 Å². The minimum atomic E-state index is -0.622. The zero-order valence-corrected chi connectivity index (χ0v) is 10.4. The number of benzene rings is 1. The van der Waals surface area contributed by atoms with E-state index in [1.54, 1.807) is 24.5 Å². The predicted molar refractivity (Wildman–Crippen MR) is 69.1 cm³/mol. The van der Waals surface area contributed by atoms with Crippen molar-refractivity contribution in [2.45, 2.75) is 18.9 Å². The van der Waals surface area contributed by atoms with Crippen LogP contribution in [0.4, 0.5) is 4.39 Å². The van der Waals surface area contributed by atoms with Gasteiger partial charge in [0.15, 0.2) is 0 Å². The Morgan fingerprint density at radius 1 is 1.17 bits per heavy atom. The van der Waals surface area contributed by atoms with Crippen molar-refractivity contribution in [3.63, 3.8) is 0 Å². The number of rotatable bonds is 4. The van der Waals surface area contributed by atoms with Gasteiger partial charge in [0.2, 0.25) is 0 Å². The fourth-order valence-corrected chi connectivity index (χ4v) is 1.96. The number of halogens is 2. The van der Waals surface area contributed by atoms with Crippen molar-refractivity contribution in [1.29, 1.82) is 0 Å². The van der Waals surface area contributed by atoms with Crippen LogP contribution in [0.1, 0.15) is 11.1 Å². The van der Waals surface area contributed by atoms with Gasteiger partial charge in [-0.2, -0.15) is 0 Å². The van der Waals surface area contributed by atoms with E-state index in [0.29, 0.717) is 17.0 Å². The molecular weight excluding hydrogens is 253 g/mol. The van der Waals surface area contributed by atoms with Gasteiger partial charge in [-0.25, -0.2) is 4.39 Å². The second-order valence-electron chi connectivity index (χ2n) is 4.15. The molecule has 1 heterocycles. The molecule has 0 aliphatic carbocycles. The quantitative estimate of drug-likeness (QED) is 0.922. The smallest absolute Gasteiger partial charge is 0.127 e. The molecule has 0 saturated carbocycles. The Balaban J connectivity index is 2.01. The number of aliphatic hydroxyl groups excluding tert-OH is 1. The maximum absolute atomic E-state index is 13.5. The van der Waals surface area contributed by atoms with Crippen LogP contribution >= 0.6 is 11.6 Å². The van der Waals surface area contributed by atoms with Crippen molar-refractivity contribution in [1.82, 2.24) is 4.98 Å². The largest absolute Gasteiger partial charge is 0.392 e. The van der Waals surface area contributed by atoms with Crippen LogP contribution in [0.2, 0.25) is 5.02 Å². The van der Waals surface area contributed by atoms with E-state index >= 15 is 0 Å². The third kappa shape index (κ3) is 3.52. The Bertz CT molecular complexity index is 518. The van der Waals surface area contributed by atoms with Gasteiger partial charge in [0.25, 0.3) is 0 Å². The normalized spacial score (nSPS) is 12.4. The lowest BCUT2D eigenvalue weighted by atomic mass is 10.0. The molecule has 2 nitrogen and oxygen atoms in total. The average Bonchev–Trinajstić information content (AvgIpc) is 2.34. The Kier molecular flexibility index (Phi) is 4.28. The van der Waals surface area contributed by atoms with Crippen LogP contribution < -0.4 is 0 Å². The summed E-state index contributed by atoms with van der Waals surface area (Å²) in [6.45, 7) is 0. The minimum absolute atomic E-state index is 0.269. The molecule has 2 aromatic rings. The third-order valence-electron chi connectivity index (χ3n) is 2.69. The summed E-state index contributed by atoms with van der Waals surface area (Å²) in [6, 6.07) is 8.16. The van der Waals surface area contributed by atoms with E-state index in [4.69, 9.17) is 11.6 Å². The molecule has 1 N–H and O–H groups in total. The summed E-state index contributed by atoms with van der Waals surface area (Å²) in [5.41, 5.74) is 1.45. The van der Waals surface area contributed by atoms with Crippen molar-refractivity contribution >= 4 is 11.6 Å². The maximum atomic E-state index is 13.5. The van der Waals surface area contributed by atoms with Gasteiger partial charge >= 0.3 is 0 Å². The van der Waals surface area contributed by atoms with Gasteiger partial charge in [-0.15, -0.1) is 0 Å². The summed E-state index contributed by atoms with van der Waals surface area (Å²) in [4.78, 5) is 3.90. The molecule has 0 bridgehead atoms. The highest BCUT2D eigenvalue weighted by molar-refractivity contribution is 6.30. The van der Waals surface area contributed by atoms with E-state index in [1.165, 1.54) is 6.07 Å². The van der Waals surface area contributed by atoms with Gasteiger partial charge < -0.3 is 5.11 Å². The zero-order chi connectivity index (χ0) is 13.0. The standard InChI is InChI=1S/C14H13ClFNO/c15-12-2-1-11(14(16)9-12)8-13(18)7-10-3-5-17-6-4-10/h1-6,9,13,18H,7-8H2. The van der Waals surface area contributed by atoms with Gasteiger partial charge in [-0.05, 0) is 41.8 Å². The van der Waals surface area contributed by atoms with Crippen molar-refractivity contribution < 1.29 is 9.50 Å². The predicted octanol–water partition coefficient (Wildman–Crippen LogP) is 3.02. The Morgan fingerprint density at radius 3 is 2.56 bits per heavy atom. The summed E-state index contributed by atoms with van der Waals surface area (Å²) in [5, 5.41) is 10.3. The minimum Gasteiger partial charge on any atom is -0.392 e. The zero-order valence-electron chi connectivity index (χ0n) is 9.68. The van der Waals surface area contributed by atoms with Gasteiger partial charge in [0.1, 0.15) is 5.82 Å². The Hall–Kier alpha value is -1.45. The van der Waals surface area contributed by atoms with Crippen molar-refractivity contribution in [3.8, 4) is 0 Å². The van der Waals surface area contributed by atoms with E-state index in [0.717, 1.165) is 5.56 Å². The van der Waals surface area contributed by atoms with Gasteiger partial charge in [0.05, 0.1) is 6.10 Å². The summed E-state index contributed by atoms with van der Waals surface area (Å²) in [7, 11) is 0. The lowest BCUT2D eigenvalue weighted by Gasteiger charge is -2.11. The first-order valence-corrected chi connectivity index (χ1v) is 6.04. The van der Waals surface area contributed by atoms with Crippen molar-refractivity contribution in [2.75, 3.05) is 0 Å². The van der Waals surface area contributed by atoms with Gasteiger partial charge in [-0.1, -0.05) is 17.7 Å². The molecule has 0 spiro atoms. The van der Waals surface area contributed by atoms with E-state index < -0.39 is 6.10 Å². The van der Waals surface area contributed by atoms with Crippen LogP contribution in [0, 0.1) is 5.82 Å². The lowest BCUT2D eigenvalue weighted by Crippen LogP contribution is -2.14. The van der Waals surface area contributed by atoms with Crippen LogP contribution in [0.3, 0.4) is 0 Å². The molecule has 0 aliphatic rings. The monoisotopic (exact) mass is 265 g/mol. The summed E-state index contributed by atoms with van der Waals surface area (Å²) in [6.07, 6.45) is 3.47. The molecule has 1 atom stereocenters. The molecule has 1 aromatic carbocycles. The number of aromatic nitrogens is 1. The number of hydrogen-bond acceptors (Lipinski definition) is 2. The number of aliphatic hydroxyl groups is 1. The highest BCUT2D eigenvalue weighted by atomic mass is 35.5. The average molecular weight is 266 g/mol. The number of pyridine rings is 1. The van der Waals surface area contributed by atoms with Crippen molar-refractivity contribution in [2.24, 2.45) is 0 Å².